The summed E-state index contributed by atoms with van der Waals surface area (Å²) in [6, 6.07) is 0. The standard InChI is InChI=1S/C13H21N5O2/c1-4-13-15-12(16-20-13)9-17(2)8-11-7-14-10-18(11)5-6-19-3/h7,10H,4-6,8-9H2,1-3H3. The van der Waals surface area contributed by atoms with E-state index in [0.29, 0.717) is 24.9 Å². The Labute approximate surface area is 118 Å². The lowest BCUT2D eigenvalue weighted by molar-refractivity contribution is 0.184. The summed E-state index contributed by atoms with van der Waals surface area (Å²) in [6.07, 6.45) is 4.46. The van der Waals surface area contributed by atoms with E-state index in [1.165, 1.54) is 0 Å². The quantitative estimate of drug-likeness (QED) is 0.721. The highest BCUT2D eigenvalue weighted by atomic mass is 16.5. The lowest BCUT2D eigenvalue weighted by atomic mass is 10.4. The zero-order valence-electron chi connectivity index (χ0n) is 12.2. The van der Waals surface area contributed by atoms with Crippen molar-refractivity contribution in [3.8, 4) is 0 Å². The second-order valence-electron chi connectivity index (χ2n) is 4.70. The molecule has 0 aliphatic carbocycles. The van der Waals surface area contributed by atoms with E-state index in [0.717, 1.165) is 25.2 Å². The van der Waals surface area contributed by atoms with Crippen molar-refractivity contribution in [3.63, 3.8) is 0 Å². The molecule has 0 aromatic carbocycles. The fraction of sp³-hybridized carbons (Fsp3) is 0.615. The van der Waals surface area contributed by atoms with E-state index in [-0.39, 0.29) is 0 Å². The number of rotatable bonds is 8. The summed E-state index contributed by atoms with van der Waals surface area (Å²) in [5, 5.41) is 3.96. The Hall–Kier alpha value is -1.73. The lowest BCUT2D eigenvalue weighted by Gasteiger charge is -2.15. The third-order valence-electron chi connectivity index (χ3n) is 2.99. The molecular formula is C13H21N5O2. The molecule has 20 heavy (non-hydrogen) atoms. The number of aryl methyl sites for hydroxylation is 1. The van der Waals surface area contributed by atoms with Crippen LogP contribution in [-0.4, -0.2) is 45.4 Å². The third-order valence-corrected chi connectivity index (χ3v) is 2.99. The van der Waals surface area contributed by atoms with Crippen LogP contribution in [0.3, 0.4) is 0 Å². The summed E-state index contributed by atoms with van der Waals surface area (Å²) in [4.78, 5) is 10.6. The molecule has 0 spiro atoms. The van der Waals surface area contributed by atoms with Gasteiger partial charge in [0.25, 0.3) is 0 Å². The molecular weight excluding hydrogens is 258 g/mol. The summed E-state index contributed by atoms with van der Waals surface area (Å²) >= 11 is 0. The predicted octanol–water partition coefficient (Wildman–Crippen LogP) is 1.11. The summed E-state index contributed by atoms with van der Waals surface area (Å²) in [6.45, 7) is 4.91. The van der Waals surface area contributed by atoms with Gasteiger partial charge in [-0.15, -0.1) is 0 Å². The van der Waals surface area contributed by atoms with Gasteiger partial charge in [-0.05, 0) is 7.05 Å². The van der Waals surface area contributed by atoms with Gasteiger partial charge in [0.05, 0.1) is 25.2 Å². The van der Waals surface area contributed by atoms with Gasteiger partial charge < -0.3 is 13.8 Å². The molecule has 0 radical (unpaired) electrons. The molecule has 0 saturated heterocycles. The molecule has 0 unspecified atom stereocenters. The van der Waals surface area contributed by atoms with Crippen LogP contribution in [0.2, 0.25) is 0 Å². The van der Waals surface area contributed by atoms with E-state index in [2.05, 4.69) is 24.6 Å². The largest absolute Gasteiger partial charge is 0.383 e. The number of hydrogen-bond donors (Lipinski definition) is 0. The van der Waals surface area contributed by atoms with Crippen LogP contribution in [0.25, 0.3) is 0 Å². The minimum atomic E-state index is 0.652. The molecule has 110 valence electrons. The van der Waals surface area contributed by atoms with Crippen molar-refractivity contribution in [2.45, 2.75) is 33.0 Å². The van der Waals surface area contributed by atoms with Gasteiger partial charge in [0.2, 0.25) is 5.89 Å². The molecule has 0 aliphatic rings. The van der Waals surface area contributed by atoms with Gasteiger partial charge in [-0.1, -0.05) is 12.1 Å². The molecule has 0 aliphatic heterocycles. The first-order chi connectivity index (χ1) is 9.72. The van der Waals surface area contributed by atoms with Gasteiger partial charge in [0.15, 0.2) is 5.82 Å². The van der Waals surface area contributed by atoms with Crippen LogP contribution < -0.4 is 0 Å². The minimum Gasteiger partial charge on any atom is -0.383 e. The van der Waals surface area contributed by atoms with Crippen LogP contribution in [0.15, 0.2) is 17.0 Å². The van der Waals surface area contributed by atoms with Gasteiger partial charge in [0, 0.05) is 32.8 Å². The molecule has 0 N–H and O–H groups in total. The highest BCUT2D eigenvalue weighted by Crippen LogP contribution is 2.07. The molecule has 0 fully saturated rings. The fourth-order valence-electron chi connectivity index (χ4n) is 1.94. The van der Waals surface area contributed by atoms with Crippen LogP contribution >= 0.6 is 0 Å². The molecule has 2 aromatic rings. The number of ether oxygens (including phenoxy) is 1. The number of hydrogen-bond acceptors (Lipinski definition) is 6. The minimum absolute atomic E-state index is 0.652. The maximum absolute atomic E-state index is 5.10. The Morgan fingerprint density at radius 3 is 2.95 bits per heavy atom. The van der Waals surface area contributed by atoms with Crippen LogP contribution in [0.5, 0.6) is 0 Å². The molecule has 7 nitrogen and oxygen atoms in total. The van der Waals surface area contributed by atoms with Crippen molar-refractivity contribution in [2.75, 3.05) is 20.8 Å². The first kappa shape index (κ1) is 14.7. The lowest BCUT2D eigenvalue weighted by Crippen LogP contribution is -2.20. The van der Waals surface area contributed by atoms with Gasteiger partial charge >= 0.3 is 0 Å². The zero-order valence-corrected chi connectivity index (χ0v) is 12.2. The van der Waals surface area contributed by atoms with Crippen molar-refractivity contribution in [2.24, 2.45) is 0 Å². The Kier molecular flexibility index (Phi) is 5.25. The maximum Gasteiger partial charge on any atom is 0.226 e. The Morgan fingerprint density at radius 1 is 1.40 bits per heavy atom. The number of imidazole rings is 1. The number of methoxy groups -OCH3 is 1. The molecule has 2 heterocycles. The summed E-state index contributed by atoms with van der Waals surface area (Å²) in [5.74, 6) is 1.39. The van der Waals surface area contributed by atoms with Crippen LogP contribution in [0, 0.1) is 0 Å². The second kappa shape index (κ2) is 7.16. The van der Waals surface area contributed by atoms with E-state index in [4.69, 9.17) is 9.26 Å². The molecule has 2 aromatic heterocycles. The van der Waals surface area contributed by atoms with Gasteiger partial charge in [-0.25, -0.2) is 4.98 Å². The van der Waals surface area contributed by atoms with E-state index in [9.17, 15) is 0 Å². The smallest absolute Gasteiger partial charge is 0.226 e. The molecule has 0 atom stereocenters. The zero-order chi connectivity index (χ0) is 14.4. The number of nitrogens with zero attached hydrogens (tertiary/aromatic N) is 5. The molecule has 2 rings (SSSR count). The monoisotopic (exact) mass is 279 g/mol. The highest BCUT2D eigenvalue weighted by Gasteiger charge is 2.10. The van der Waals surface area contributed by atoms with Crippen molar-refractivity contribution >= 4 is 0 Å². The Morgan fingerprint density at radius 2 is 2.25 bits per heavy atom. The van der Waals surface area contributed by atoms with Gasteiger partial charge in [-0.2, -0.15) is 4.98 Å². The molecule has 0 saturated carbocycles. The van der Waals surface area contributed by atoms with E-state index in [1.54, 1.807) is 7.11 Å². The SMILES string of the molecule is CCc1nc(CN(C)Cc2cncn2CCOC)no1. The molecule has 0 amide bonds. The van der Waals surface area contributed by atoms with E-state index < -0.39 is 0 Å². The average molecular weight is 279 g/mol. The molecule has 0 bridgehead atoms. The summed E-state index contributed by atoms with van der Waals surface area (Å²) in [7, 11) is 3.72. The van der Waals surface area contributed by atoms with Crippen molar-refractivity contribution in [1.82, 2.24) is 24.6 Å². The number of aromatic nitrogens is 4. The van der Waals surface area contributed by atoms with Crippen LogP contribution in [0.4, 0.5) is 0 Å². The second-order valence-corrected chi connectivity index (χ2v) is 4.70. The topological polar surface area (TPSA) is 69.2 Å². The molecule has 7 heteroatoms. The first-order valence-electron chi connectivity index (χ1n) is 6.70. The Bertz CT molecular complexity index is 522. The first-order valence-corrected chi connectivity index (χ1v) is 6.70. The average Bonchev–Trinajstić information content (AvgIpc) is 3.05. The normalized spacial score (nSPS) is 11.4. The van der Waals surface area contributed by atoms with Crippen LogP contribution in [-0.2, 0) is 30.8 Å². The van der Waals surface area contributed by atoms with Gasteiger partial charge in [0.1, 0.15) is 0 Å². The Balaban J connectivity index is 1.90. The van der Waals surface area contributed by atoms with Crippen molar-refractivity contribution in [1.29, 1.82) is 0 Å². The predicted molar refractivity (Wildman–Crippen MR) is 73.0 cm³/mol. The highest BCUT2D eigenvalue weighted by molar-refractivity contribution is 4.98. The van der Waals surface area contributed by atoms with Gasteiger partial charge in [-0.3, -0.25) is 4.90 Å². The summed E-state index contributed by atoms with van der Waals surface area (Å²) in [5.41, 5.74) is 1.14. The van der Waals surface area contributed by atoms with E-state index in [1.807, 2.05) is 26.5 Å². The van der Waals surface area contributed by atoms with E-state index >= 15 is 0 Å². The maximum atomic E-state index is 5.10. The van der Waals surface area contributed by atoms with Crippen molar-refractivity contribution in [3.05, 3.63) is 29.9 Å². The third kappa shape index (κ3) is 3.88. The summed E-state index contributed by atoms with van der Waals surface area (Å²) < 4.78 is 12.3. The van der Waals surface area contributed by atoms with Crippen molar-refractivity contribution < 1.29 is 9.26 Å². The van der Waals surface area contributed by atoms with Crippen LogP contribution in [0.1, 0.15) is 24.3 Å². The fourth-order valence-corrected chi connectivity index (χ4v) is 1.94.